The molecule has 0 spiro atoms. The number of carbonyl (C=O) groups is 3. The molecule has 4 rings (SSSR count). The summed E-state index contributed by atoms with van der Waals surface area (Å²) in [5.74, 6) is 0.298. The van der Waals surface area contributed by atoms with Gasteiger partial charge in [0.15, 0.2) is 6.29 Å². The Morgan fingerprint density at radius 3 is 2.49 bits per heavy atom. The van der Waals surface area contributed by atoms with Gasteiger partial charge in [0.1, 0.15) is 22.7 Å². The predicted octanol–water partition coefficient (Wildman–Crippen LogP) is 4.03. The Balaban J connectivity index is 0.000000507. The molecule has 2 aromatic rings. The van der Waals surface area contributed by atoms with Gasteiger partial charge in [0.05, 0.1) is 32.4 Å². The third-order valence-electron chi connectivity index (χ3n) is 7.04. The minimum Gasteiger partial charge on any atom is -0.497 e. The van der Waals surface area contributed by atoms with Crippen molar-refractivity contribution < 1.29 is 43.5 Å². The average Bonchev–Trinajstić information content (AvgIpc) is 3.46. The monoisotopic (exact) mass is 592 g/mol. The van der Waals surface area contributed by atoms with Crippen molar-refractivity contribution in [1.29, 1.82) is 0 Å². The van der Waals surface area contributed by atoms with E-state index in [1.54, 1.807) is 24.3 Å². The van der Waals surface area contributed by atoms with Gasteiger partial charge in [-0.25, -0.2) is 14.6 Å². The van der Waals surface area contributed by atoms with Crippen molar-refractivity contribution in [2.75, 3.05) is 20.8 Å². The second-order valence-corrected chi connectivity index (χ2v) is 10.8. The summed E-state index contributed by atoms with van der Waals surface area (Å²) in [5.41, 5.74) is -1.17. The number of rotatable bonds is 10. The van der Waals surface area contributed by atoms with Gasteiger partial charge in [0.25, 0.3) is 0 Å². The summed E-state index contributed by atoms with van der Waals surface area (Å²) in [4.78, 5) is 39.3. The van der Waals surface area contributed by atoms with Gasteiger partial charge in [-0.2, -0.15) is 0 Å². The number of hydrogen-bond donors (Lipinski definition) is 3. The van der Waals surface area contributed by atoms with Crippen molar-refractivity contribution in [3.8, 4) is 11.5 Å². The molecule has 4 atom stereocenters. The highest BCUT2D eigenvalue weighted by Gasteiger charge is 2.61. The number of ether oxygens (including phenoxy) is 4. The summed E-state index contributed by atoms with van der Waals surface area (Å²) >= 11 is 4.86. The first kappa shape index (κ1) is 32.1. The van der Waals surface area contributed by atoms with E-state index in [0.717, 1.165) is 0 Å². The average molecular weight is 593 g/mol. The minimum absolute atomic E-state index is 0.0577. The van der Waals surface area contributed by atoms with Crippen LogP contribution in [0.1, 0.15) is 51.5 Å². The molecule has 1 aromatic heterocycles. The van der Waals surface area contributed by atoms with Crippen molar-refractivity contribution in [3.63, 3.8) is 0 Å². The Bertz CT molecular complexity index is 1270. The van der Waals surface area contributed by atoms with Crippen LogP contribution in [0.5, 0.6) is 11.5 Å². The normalized spacial score (nSPS) is 22.9. The van der Waals surface area contributed by atoms with Crippen LogP contribution < -0.4 is 14.8 Å². The Morgan fingerprint density at radius 2 is 1.95 bits per heavy atom. The van der Waals surface area contributed by atoms with Crippen molar-refractivity contribution in [3.05, 3.63) is 42.6 Å². The third-order valence-corrected chi connectivity index (χ3v) is 7.15. The third kappa shape index (κ3) is 8.08. The zero-order valence-corrected chi connectivity index (χ0v) is 24.3. The fourth-order valence-electron chi connectivity index (χ4n) is 4.76. The van der Waals surface area contributed by atoms with Gasteiger partial charge in [-0.3, -0.25) is 4.79 Å². The van der Waals surface area contributed by atoms with Crippen molar-refractivity contribution >= 4 is 39.8 Å². The van der Waals surface area contributed by atoms with E-state index in [2.05, 4.69) is 21.6 Å². The Labute approximate surface area is 243 Å². The summed E-state index contributed by atoms with van der Waals surface area (Å²) in [5, 5.41) is 22.9. The lowest BCUT2D eigenvalue weighted by molar-refractivity contribution is -0.147. The van der Waals surface area contributed by atoms with Crippen molar-refractivity contribution in [2.24, 2.45) is 17.8 Å². The lowest BCUT2D eigenvalue weighted by Crippen LogP contribution is -2.47. The summed E-state index contributed by atoms with van der Waals surface area (Å²) in [6.07, 6.45) is 1.87. The second kappa shape index (κ2) is 14.0. The largest absolute Gasteiger partial charge is 0.497 e. The van der Waals surface area contributed by atoms with Crippen LogP contribution in [0.2, 0.25) is 0 Å². The van der Waals surface area contributed by atoms with Crippen LogP contribution >= 0.6 is 11.6 Å². The Hall–Kier alpha value is -3.41. The molecular weight excluding hydrogens is 556 g/mol. The smallest absolute Gasteiger partial charge is 0.403 e. The van der Waals surface area contributed by atoms with E-state index in [1.165, 1.54) is 20.3 Å². The van der Waals surface area contributed by atoms with Crippen LogP contribution in [-0.4, -0.2) is 65.0 Å². The van der Waals surface area contributed by atoms with E-state index in [9.17, 15) is 24.6 Å². The van der Waals surface area contributed by atoms with E-state index >= 15 is 0 Å². The number of hydrogen-bond acceptors (Lipinski definition) is 10. The van der Waals surface area contributed by atoms with Crippen LogP contribution in [0.4, 0.5) is 4.79 Å². The number of pyridine rings is 1. The molecule has 41 heavy (non-hydrogen) atoms. The number of benzene rings is 1. The molecule has 1 aromatic carbocycles. The first-order valence-electron chi connectivity index (χ1n) is 13.3. The molecule has 224 valence electrons. The molecule has 2 saturated carbocycles. The molecule has 0 bridgehead atoms. The first-order chi connectivity index (χ1) is 19.4. The van der Waals surface area contributed by atoms with Gasteiger partial charge in [0, 0.05) is 41.0 Å². The first-order valence-corrected chi connectivity index (χ1v) is 13.7. The quantitative estimate of drug-likeness (QED) is 0.159. The molecule has 0 radical (unpaired) electrons. The molecule has 1 amide bonds. The van der Waals surface area contributed by atoms with E-state index < -0.39 is 23.2 Å². The van der Waals surface area contributed by atoms with Gasteiger partial charge in [-0.05, 0) is 43.7 Å². The van der Waals surface area contributed by atoms with E-state index in [4.69, 9.17) is 25.8 Å². The van der Waals surface area contributed by atoms with Gasteiger partial charge in [-0.1, -0.05) is 19.9 Å². The van der Waals surface area contributed by atoms with Crippen LogP contribution in [-0.2, 0) is 19.1 Å². The number of methoxy groups -OCH3 is 2. The summed E-state index contributed by atoms with van der Waals surface area (Å²) in [6, 6.07) is 6.76. The van der Waals surface area contributed by atoms with Crippen LogP contribution in [0.15, 0.2) is 36.9 Å². The topological polar surface area (TPSA) is 154 Å². The number of amides is 1. The maximum atomic E-state index is 12.9. The minimum atomic E-state index is -1.75. The standard InChI is InChI=1S/C24H28N2O7.C5H9ClO2/c1-4-14-12-24(14,23(30)32-3)26-21(27)13-5-6-16(9-13)33-20-11-19(22(28)29)25-18-10-15(31-2)7-8-17(18)20;1-4(2)3-8-5(6)7/h4,7-8,10-11,13-14,16,22,28-29H,1,5-6,9,12H2,2-3H3,(H,26,27);4H,3H2,1-2H3/t13-,14-,16?,24+;/m0./s1. The molecule has 12 heteroatoms. The van der Waals surface area contributed by atoms with Crippen LogP contribution in [0, 0.1) is 17.8 Å². The fourth-order valence-corrected chi connectivity index (χ4v) is 4.82. The Morgan fingerprint density at radius 1 is 1.22 bits per heavy atom. The number of aliphatic hydroxyl groups excluding tert-OH is 1. The predicted molar refractivity (Wildman–Crippen MR) is 150 cm³/mol. The van der Waals surface area contributed by atoms with E-state index in [0.29, 0.717) is 60.6 Å². The molecular formula is C29H37ClN2O9. The van der Waals surface area contributed by atoms with Gasteiger partial charge >= 0.3 is 11.4 Å². The van der Waals surface area contributed by atoms with E-state index in [-0.39, 0.29) is 29.5 Å². The highest BCUT2D eigenvalue weighted by molar-refractivity contribution is 6.61. The number of esters is 1. The molecule has 2 aliphatic carbocycles. The lowest BCUT2D eigenvalue weighted by Gasteiger charge is -2.20. The zero-order chi connectivity index (χ0) is 30.3. The van der Waals surface area contributed by atoms with Gasteiger partial charge in [-0.15, -0.1) is 6.58 Å². The summed E-state index contributed by atoms with van der Waals surface area (Å²) in [7, 11) is 2.84. The van der Waals surface area contributed by atoms with Crippen LogP contribution in [0.25, 0.3) is 10.9 Å². The lowest BCUT2D eigenvalue weighted by atomic mass is 10.1. The number of aromatic nitrogens is 1. The highest BCUT2D eigenvalue weighted by Crippen LogP contribution is 2.46. The van der Waals surface area contributed by atoms with Gasteiger partial charge < -0.3 is 34.5 Å². The molecule has 0 saturated heterocycles. The molecule has 1 unspecified atom stereocenters. The number of aliphatic hydroxyl groups is 2. The molecule has 11 nitrogen and oxygen atoms in total. The Kier molecular flexibility index (Phi) is 10.9. The summed E-state index contributed by atoms with van der Waals surface area (Å²) in [6.45, 7) is 8.02. The van der Waals surface area contributed by atoms with Crippen molar-refractivity contribution in [1.82, 2.24) is 10.3 Å². The molecule has 0 aliphatic heterocycles. The van der Waals surface area contributed by atoms with Gasteiger partial charge in [0.2, 0.25) is 5.91 Å². The molecule has 2 aliphatic rings. The maximum Gasteiger partial charge on any atom is 0.403 e. The second-order valence-electron chi connectivity index (χ2n) is 10.5. The number of fused-ring (bicyclic) bond motifs is 1. The fraction of sp³-hybridized carbons (Fsp3) is 0.517. The zero-order valence-electron chi connectivity index (χ0n) is 23.6. The maximum absolute atomic E-state index is 12.9. The summed E-state index contributed by atoms with van der Waals surface area (Å²) < 4.78 is 20.7. The SMILES string of the molecule is C=C[C@H]1C[C@]1(NC(=O)[C@H]1CCC(Oc2cc(C(O)O)nc3cc(OC)ccc23)C1)C(=O)OC.CC(C)COC(=O)Cl. The van der Waals surface area contributed by atoms with Crippen molar-refractivity contribution in [2.45, 2.75) is 57.5 Å². The molecule has 2 fully saturated rings. The number of carbonyl (C=O) groups excluding carboxylic acids is 3. The number of nitrogens with one attached hydrogen (secondary N) is 1. The van der Waals surface area contributed by atoms with E-state index in [1.807, 2.05) is 13.8 Å². The highest BCUT2D eigenvalue weighted by atomic mass is 35.5. The molecule has 1 heterocycles. The molecule has 3 N–H and O–H groups in total. The number of halogens is 1. The number of nitrogens with zero attached hydrogens (tertiary/aromatic N) is 1. The van der Waals surface area contributed by atoms with Crippen LogP contribution in [0.3, 0.4) is 0 Å².